The Morgan fingerprint density at radius 2 is 1.95 bits per heavy atom. The predicted octanol–water partition coefficient (Wildman–Crippen LogP) is 2.35. The Morgan fingerprint density at radius 3 is 2.48 bits per heavy atom. The van der Waals surface area contributed by atoms with Gasteiger partial charge in [-0.1, -0.05) is 6.92 Å². The quantitative estimate of drug-likeness (QED) is 0.916. The van der Waals surface area contributed by atoms with Crippen molar-refractivity contribution in [3.8, 4) is 11.5 Å². The summed E-state index contributed by atoms with van der Waals surface area (Å²) in [6, 6.07) is 2.69. The number of nitrogens with one attached hydrogen (secondary N) is 1. The van der Waals surface area contributed by atoms with Crippen molar-refractivity contribution < 1.29 is 0 Å². The number of aromatic nitrogens is 4. The van der Waals surface area contributed by atoms with Gasteiger partial charge >= 0.3 is 0 Å². The highest BCUT2D eigenvalue weighted by atomic mass is 15.3. The van der Waals surface area contributed by atoms with Gasteiger partial charge in [0.15, 0.2) is 5.82 Å². The molecule has 1 fully saturated rings. The molecule has 5 heteroatoms. The number of aryl methyl sites for hydroxylation is 3. The molecule has 0 spiro atoms. The first kappa shape index (κ1) is 14.2. The Labute approximate surface area is 125 Å². The third-order valence-electron chi connectivity index (χ3n) is 4.05. The second-order valence-corrected chi connectivity index (χ2v) is 6.09. The maximum Gasteiger partial charge on any atom is 0.180 e. The van der Waals surface area contributed by atoms with Crippen molar-refractivity contribution in [2.45, 2.75) is 45.6 Å². The lowest BCUT2D eigenvalue weighted by Crippen LogP contribution is -2.23. The van der Waals surface area contributed by atoms with Gasteiger partial charge in [-0.2, -0.15) is 5.10 Å². The predicted molar refractivity (Wildman–Crippen MR) is 83.1 cm³/mol. The fourth-order valence-electron chi connectivity index (χ4n) is 2.82. The molecule has 0 radical (unpaired) electrons. The molecule has 3 rings (SSSR count). The molecule has 1 N–H and O–H groups in total. The van der Waals surface area contributed by atoms with Crippen LogP contribution in [0.2, 0.25) is 0 Å². The van der Waals surface area contributed by atoms with E-state index in [-0.39, 0.29) is 0 Å². The molecule has 112 valence electrons. The summed E-state index contributed by atoms with van der Waals surface area (Å²) in [6.07, 6.45) is 4.55. The second kappa shape index (κ2) is 5.56. The van der Waals surface area contributed by atoms with Crippen LogP contribution in [0.1, 0.15) is 42.6 Å². The maximum atomic E-state index is 4.67. The molecule has 1 atom stereocenters. The van der Waals surface area contributed by atoms with Gasteiger partial charge in [-0.15, -0.1) is 0 Å². The maximum absolute atomic E-state index is 4.67. The first-order valence-corrected chi connectivity index (χ1v) is 7.63. The molecule has 2 aromatic rings. The van der Waals surface area contributed by atoms with E-state index in [0.717, 1.165) is 35.5 Å². The Hall–Kier alpha value is -1.75. The lowest BCUT2D eigenvalue weighted by atomic mass is 9.98. The fourth-order valence-corrected chi connectivity index (χ4v) is 2.82. The minimum atomic E-state index is 0.434. The summed E-state index contributed by atoms with van der Waals surface area (Å²) in [7, 11) is 1.91. The van der Waals surface area contributed by atoms with Gasteiger partial charge < -0.3 is 5.32 Å². The highest BCUT2D eigenvalue weighted by Crippen LogP contribution is 2.25. The summed E-state index contributed by atoms with van der Waals surface area (Å²) in [6.45, 7) is 7.39. The summed E-state index contributed by atoms with van der Waals surface area (Å²) in [5, 5.41) is 7.97. The molecule has 0 amide bonds. The highest BCUT2D eigenvalue weighted by Gasteiger charge is 2.23. The molecule has 1 aliphatic carbocycles. The topological polar surface area (TPSA) is 55.6 Å². The summed E-state index contributed by atoms with van der Waals surface area (Å²) in [5.41, 5.74) is 4.23. The lowest BCUT2D eigenvalue weighted by Gasteiger charge is -2.17. The van der Waals surface area contributed by atoms with Crippen LogP contribution in [-0.4, -0.2) is 32.3 Å². The van der Waals surface area contributed by atoms with E-state index in [4.69, 9.17) is 0 Å². The standard InChI is InChI=1S/C16H23N5/c1-10(9-17-13-5-6-13)15-11(2)18-16(19-12(15)3)14-7-8-21(4)20-14/h7-8,10,13,17H,5-6,9H2,1-4H3. The molecule has 5 nitrogen and oxygen atoms in total. The van der Waals surface area contributed by atoms with E-state index in [9.17, 15) is 0 Å². The lowest BCUT2D eigenvalue weighted by molar-refractivity contribution is 0.603. The van der Waals surface area contributed by atoms with Crippen LogP contribution >= 0.6 is 0 Å². The van der Waals surface area contributed by atoms with Gasteiger partial charge in [0.05, 0.1) is 0 Å². The van der Waals surface area contributed by atoms with E-state index in [1.807, 2.05) is 19.3 Å². The van der Waals surface area contributed by atoms with Crippen molar-refractivity contribution in [3.05, 3.63) is 29.2 Å². The third-order valence-corrected chi connectivity index (χ3v) is 4.05. The smallest absolute Gasteiger partial charge is 0.180 e. The zero-order valence-electron chi connectivity index (χ0n) is 13.2. The molecular formula is C16H23N5. The molecular weight excluding hydrogens is 262 g/mol. The SMILES string of the molecule is Cc1nc(-c2ccn(C)n2)nc(C)c1C(C)CNC1CC1. The Morgan fingerprint density at radius 1 is 1.29 bits per heavy atom. The largest absolute Gasteiger partial charge is 0.313 e. The van der Waals surface area contributed by atoms with Crippen LogP contribution in [-0.2, 0) is 7.05 Å². The number of hydrogen-bond donors (Lipinski definition) is 1. The summed E-state index contributed by atoms with van der Waals surface area (Å²) in [4.78, 5) is 9.33. The summed E-state index contributed by atoms with van der Waals surface area (Å²) < 4.78 is 1.78. The second-order valence-electron chi connectivity index (χ2n) is 6.09. The van der Waals surface area contributed by atoms with Crippen molar-refractivity contribution in [2.24, 2.45) is 7.05 Å². The van der Waals surface area contributed by atoms with Crippen molar-refractivity contribution in [2.75, 3.05) is 6.54 Å². The van der Waals surface area contributed by atoms with Crippen LogP contribution in [0.5, 0.6) is 0 Å². The average Bonchev–Trinajstić information content (AvgIpc) is 3.16. The zero-order valence-corrected chi connectivity index (χ0v) is 13.2. The summed E-state index contributed by atoms with van der Waals surface area (Å²) >= 11 is 0. The Kier molecular flexibility index (Phi) is 3.76. The van der Waals surface area contributed by atoms with E-state index in [0.29, 0.717) is 5.92 Å². The average molecular weight is 285 g/mol. The van der Waals surface area contributed by atoms with E-state index in [2.05, 4.69) is 41.2 Å². The molecule has 0 aromatic carbocycles. The molecule has 0 saturated heterocycles. The van der Waals surface area contributed by atoms with Gasteiger partial charge in [0.2, 0.25) is 0 Å². The van der Waals surface area contributed by atoms with Gasteiger partial charge in [0.1, 0.15) is 5.69 Å². The Balaban J connectivity index is 1.84. The molecule has 2 aromatic heterocycles. The van der Waals surface area contributed by atoms with E-state index in [1.165, 1.54) is 18.4 Å². The Bertz CT molecular complexity index is 619. The first-order valence-electron chi connectivity index (χ1n) is 7.63. The van der Waals surface area contributed by atoms with Crippen LogP contribution in [0.15, 0.2) is 12.3 Å². The van der Waals surface area contributed by atoms with E-state index >= 15 is 0 Å². The van der Waals surface area contributed by atoms with E-state index in [1.54, 1.807) is 4.68 Å². The molecule has 0 aliphatic heterocycles. The van der Waals surface area contributed by atoms with Gasteiger partial charge in [-0.25, -0.2) is 9.97 Å². The number of hydrogen-bond acceptors (Lipinski definition) is 4. The van der Waals surface area contributed by atoms with Crippen LogP contribution in [0.25, 0.3) is 11.5 Å². The molecule has 21 heavy (non-hydrogen) atoms. The monoisotopic (exact) mass is 285 g/mol. The van der Waals surface area contributed by atoms with Crippen LogP contribution < -0.4 is 5.32 Å². The minimum absolute atomic E-state index is 0.434. The molecule has 1 unspecified atom stereocenters. The molecule has 2 heterocycles. The van der Waals surface area contributed by atoms with Crippen molar-refractivity contribution in [1.29, 1.82) is 0 Å². The minimum Gasteiger partial charge on any atom is -0.313 e. The van der Waals surface area contributed by atoms with Crippen molar-refractivity contribution >= 4 is 0 Å². The third kappa shape index (κ3) is 3.13. The number of rotatable bonds is 5. The molecule has 0 bridgehead atoms. The van der Waals surface area contributed by atoms with Gasteiger partial charge in [0, 0.05) is 37.2 Å². The van der Waals surface area contributed by atoms with E-state index < -0.39 is 0 Å². The van der Waals surface area contributed by atoms with Gasteiger partial charge in [0.25, 0.3) is 0 Å². The van der Waals surface area contributed by atoms with Gasteiger partial charge in [-0.05, 0) is 44.2 Å². The van der Waals surface area contributed by atoms with Crippen LogP contribution in [0.3, 0.4) is 0 Å². The zero-order chi connectivity index (χ0) is 15.0. The van der Waals surface area contributed by atoms with Crippen LogP contribution in [0, 0.1) is 13.8 Å². The molecule has 1 aliphatic rings. The van der Waals surface area contributed by atoms with Crippen molar-refractivity contribution in [3.63, 3.8) is 0 Å². The highest BCUT2D eigenvalue weighted by molar-refractivity contribution is 5.50. The summed E-state index contributed by atoms with van der Waals surface area (Å²) in [5.74, 6) is 1.15. The number of nitrogens with zero attached hydrogens (tertiary/aromatic N) is 4. The first-order chi connectivity index (χ1) is 10.0. The van der Waals surface area contributed by atoms with Gasteiger partial charge in [-0.3, -0.25) is 4.68 Å². The van der Waals surface area contributed by atoms with Crippen LogP contribution in [0.4, 0.5) is 0 Å². The molecule has 1 saturated carbocycles. The fraction of sp³-hybridized carbons (Fsp3) is 0.562. The normalized spacial score (nSPS) is 16.2. The van der Waals surface area contributed by atoms with Crippen molar-refractivity contribution in [1.82, 2.24) is 25.1 Å².